The van der Waals surface area contributed by atoms with Crippen LogP contribution < -0.4 is 0 Å². The Morgan fingerprint density at radius 1 is 0.559 bits per heavy atom. The number of furan rings is 1. The number of hydrogen-bond acceptors (Lipinski definition) is 2. The minimum absolute atomic E-state index is 0.921. The molecule has 0 aliphatic rings. The van der Waals surface area contributed by atoms with Gasteiger partial charge in [-0.25, -0.2) is 0 Å². The summed E-state index contributed by atoms with van der Waals surface area (Å²) < 4.78 is 9.03. The van der Waals surface area contributed by atoms with Gasteiger partial charge in [-0.3, -0.25) is 4.98 Å². The van der Waals surface area contributed by atoms with Crippen molar-refractivity contribution < 1.29 is 4.42 Å². The smallest absolute Gasteiger partial charge is 0.162 e. The van der Waals surface area contributed by atoms with E-state index in [0.717, 1.165) is 27.6 Å². The van der Waals surface area contributed by atoms with E-state index in [4.69, 9.17) is 9.40 Å². The lowest BCUT2D eigenvalue weighted by atomic mass is 9.93. The van der Waals surface area contributed by atoms with Gasteiger partial charge in [0, 0.05) is 38.5 Å². The molecule has 0 aliphatic heterocycles. The zero-order chi connectivity index (χ0) is 22.0. The number of benzene rings is 5. The molecule has 0 saturated heterocycles. The molecule has 9 aromatic rings. The van der Waals surface area contributed by atoms with E-state index in [1.54, 1.807) is 0 Å². The van der Waals surface area contributed by atoms with E-state index in [1.807, 2.05) is 18.3 Å². The third kappa shape index (κ3) is 1.78. The quantitative estimate of drug-likeness (QED) is 0.225. The first kappa shape index (κ1) is 16.9. The highest BCUT2D eigenvalue weighted by molar-refractivity contribution is 6.40. The average molecular weight is 432 g/mol. The van der Waals surface area contributed by atoms with Crippen LogP contribution in [0.3, 0.4) is 0 Å². The molecule has 0 atom stereocenters. The van der Waals surface area contributed by atoms with Gasteiger partial charge in [-0.15, -0.1) is 0 Å². The molecular formula is C31H16N2O. The van der Waals surface area contributed by atoms with Crippen molar-refractivity contribution in [1.82, 2.24) is 9.38 Å². The van der Waals surface area contributed by atoms with Crippen LogP contribution in [0, 0.1) is 0 Å². The van der Waals surface area contributed by atoms with Crippen LogP contribution in [0.1, 0.15) is 0 Å². The number of rotatable bonds is 0. The molecule has 3 nitrogen and oxygen atoms in total. The van der Waals surface area contributed by atoms with Crippen molar-refractivity contribution in [3.8, 4) is 0 Å². The van der Waals surface area contributed by atoms with Crippen molar-refractivity contribution in [2.45, 2.75) is 0 Å². The van der Waals surface area contributed by atoms with E-state index in [0.29, 0.717) is 0 Å². The third-order valence-corrected chi connectivity index (χ3v) is 7.53. The molecule has 0 N–H and O–H groups in total. The summed E-state index contributed by atoms with van der Waals surface area (Å²) in [6.07, 6.45) is 1.90. The Hall–Kier alpha value is -4.63. The van der Waals surface area contributed by atoms with Gasteiger partial charge in [0.1, 0.15) is 11.1 Å². The van der Waals surface area contributed by atoms with Crippen molar-refractivity contribution >= 4 is 81.7 Å². The van der Waals surface area contributed by atoms with Crippen LogP contribution in [0.2, 0.25) is 0 Å². The summed E-state index contributed by atoms with van der Waals surface area (Å²) in [5, 5.41) is 10.9. The molecule has 0 unspecified atom stereocenters. The maximum atomic E-state index is 6.62. The van der Waals surface area contributed by atoms with Crippen LogP contribution in [0.15, 0.2) is 102 Å². The van der Waals surface area contributed by atoms with Crippen LogP contribution in [0.25, 0.3) is 81.7 Å². The van der Waals surface area contributed by atoms with E-state index in [9.17, 15) is 0 Å². The molecule has 3 heteroatoms. The second kappa shape index (κ2) is 5.64. The maximum Gasteiger partial charge on any atom is 0.162 e. The van der Waals surface area contributed by atoms with Gasteiger partial charge >= 0.3 is 0 Å². The molecule has 0 saturated carbocycles. The van der Waals surface area contributed by atoms with Gasteiger partial charge in [0.05, 0.1) is 21.9 Å². The monoisotopic (exact) mass is 432 g/mol. The molecule has 156 valence electrons. The highest BCUT2D eigenvalue weighted by Gasteiger charge is 2.25. The van der Waals surface area contributed by atoms with Crippen LogP contribution in [0.5, 0.6) is 0 Å². The Balaban J connectivity index is 1.76. The molecule has 0 amide bonds. The van der Waals surface area contributed by atoms with Crippen molar-refractivity contribution in [1.29, 1.82) is 0 Å². The lowest BCUT2D eigenvalue weighted by Gasteiger charge is -2.11. The molecule has 34 heavy (non-hydrogen) atoms. The summed E-state index contributed by atoms with van der Waals surface area (Å²) in [5.74, 6) is 0. The van der Waals surface area contributed by atoms with Gasteiger partial charge in [0.15, 0.2) is 5.58 Å². The van der Waals surface area contributed by atoms with Gasteiger partial charge in [-0.2, -0.15) is 0 Å². The molecule has 5 aromatic carbocycles. The van der Waals surface area contributed by atoms with E-state index < -0.39 is 0 Å². The highest BCUT2D eigenvalue weighted by Crippen LogP contribution is 2.48. The molecule has 0 aliphatic carbocycles. The van der Waals surface area contributed by atoms with Crippen LogP contribution in [-0.4, -0.2) is 9.38 Å². The molecular weight excluding hydrogens is 416 g/mol. The van der Waals surface area contributed by atoms with E-state index in [-0.39, 0.29) is 0 Å². The fraction of sp³-hybridized carbons (Fsp3) is 0. The van der Waals surface area contributed by atoms with Crippen molar-refractivity contribution in [3.05, 3.63) is 97.2 Å². The van der Waals surface area contributed by atoms with Gasteiger partial charge in [-0.1, -0.05) is 60.7 Å². The Morgan fingerprint density at radius 3 is 2.21 bits per heavy atom. The number of nitrogens with zero attached hydrogens (tertiary/aromatic N) is 2. The van der Waals surface area contributed by atoms with E-state index in [1.165, 1.54) is 54.1 Å². The molecule has 0 fully saturated rings. The first-order chi connectivity index (χ1) is 16.9. The summed E-state index contributed by atoms with van der Waals surface area (Å²) in [7, 11) is 0. The van der Waals surface area contributed by atoms with Crippen molar-refractivity contribution in [2.24, 2.45) is 0 Å². The standard InChI is InChI=1S/C31H16N2O/c1-2-10-19-17(8-1)20-12-7-15-32-28(20)23-16-22-18-9-3-5-13-24(18)33-29(22)27(26(19)23)31-30(33)21-11-4-6-14-25(21)34-31/h1-16H. The number of hydrogen-bond donors (Lipinski definition) is 0. The van der Waals surface area contributed by atoms with Gasteiger partial charge in [-0.05, 0) is 41.1 Å². The van der Waals surface area contributed by atoms with Crippen molar-refractivity contribution in [3.63, 3.8) is 0 Å². The average Bonchev–Trinajstić information content (AvgIpc) is 3.53. The lowest BCUT2D eigenvalue weighted by Crippen LogP contribution is -1.87. The lowest BCUT2D eigenvalue weighted by molar-refractivity contribution is 0.673. The summed E-state index contributed by atoms with van der Waals surface area (Å²) in [6, 6.07) is 32.3. The Morgan fingerprint density at radius 2 is 1.29 bits per heavy atom. The zero-order valence-electron chi connectivity index (χ0n) is 18.0. The largest absolute Gasteiger partial charge is 0.454 e. The minimum Gasteiger partial charge on any atom is -0.454 e. The summed E-state index contributed by atoms with van der Waals surface area (Å²) in [5.41, 5.74) is 6.50. The molecule has 4 aromatic heterocycles. The molecule has 0 bridgehead atoms. The Bertz CT molecular complexity index is 2280. The first-order valence-corrected chi connectivity index (χ1v) is 11.6. The number of fused-ring (bicyclic) bond motifs is 15. The fourth-order valence-electron chi connectivity index (χ4n) is 6.24. The number of aromatic nitrogens is 2. The third-order valence-electron chi connectivity index (χ3n) is 7.53. The SMILES string of the molecule is c1ccc2c(c1)oc1c3c4c5ccccc5c5cccnc5c4cc4c5ccccc5n(c21)c43. The minimum atomic E-state index is 0.921. The summed E-state index contributed by atoms with van der Waals surface area (Å²) in [4.78, 5) is 4.88. The topological polar surface area (TPSA) is 30.4 Å². The molecule has 4 heterocycles. The Labute approximate surface area is 192 Å². The first-order valence-electron chi connectivity index (χ1n) is 11.6. The molecule has 0 radical (unpaired) electrons. The van der Waals surface area contributed by atoms with Gasteiger partial charge in [0.2, 0.25) is 0 Å². The molecule has 0 spiro atoms. The predicted molar refractivity (Wildman–Crippen MR) is 141 cm³/mol. The van der Waals surface area contributed by atoms with Crippen molar-refractivity contribution in [2.75, 3.05) is 0 Å². The van der Waals surface area contributed by atoms with Gasteiger partial charge in [0.25, 0.3) is 0 Å². The summed E-state index contributed by atoms with van der Waals surface area (Å²) >= 11 is 0. The maximum absolute atomic E-state index is 6.62. The van der Waals surface area contributed by atoms with Gasteiger partial charge < -0.3 is 8.82 Å². The van der Waals surface area contributed by atoms with E-state index in [2.05, 4.69) is 83.3 Å². The number of pyridine rings is 1. The van der Waals surface area contributed by atoms with E-state index >= 15 is 0 Å². The second-order valence-corrected chi connectivity index (χ2v) is 9.14. The second-order valence-electron chi connectivity index (χ2n) is 9.14. The van der Waals surface area contributed by atoms with Crippen LogP contribution in [-0.2, 0) is 0 Å². The highest BCUT2D eigenvalue weighted by atomic mass is 16.3. The summed E-state index contributed by atoms with van der Waals surface area (Å²) in [6.45, 7) is 0. The van der Waals surface area contributed by atoms with Crippen LogP contribution in [0.4, 0.5) is 0 Å². The number of para-hydroxylation sites is 2. The normalized spacial score (nSPS) is 12.7. The molecule has 9 rings (SSSR count). The Kier molecular flexibility index (Phi) is 2.81. The predicted octanol–water partition coefficient (Wildman–Crippen LogP) is 8.44. The fourth-order valence-corrected chi connectivity index (χ4v) is 6.24. The van der Waals surface area contributed by atoms with Crippen LogP contribution >= 0.6 is 0 Å². The zero-order valence-corrected chi connectivity index (χ0v) is 18.0.